The number of hydrogen-bond donors (Lipinski definition) is 2. The van der Waals surface area contributed by atoms with Gasteiger partial charge in [0.05, 0.1) is 12.1 Å². The lowest BCUT2D eigenvalue weighted by Gasteiger charge is -2.10. The molecule has 0 fully saturated rings. The first-order valence-electron chi connectivity index (χ1n) is 7.45. The van der Waals surface area contributed by atoms with E-state index < -0.39 is 0 Å². The molecule has 3 N–H and O–H groups in total. The van der Waals surface area contributed by atoms with E-state index in [1.165, 1.54) is 11.3 Å². The molecule has 0 saturated carbocycles. The molecule has 0 spiro atoms. The number of rotatable bonds is 6. The van der Waals surface area contributed by atoms with Gasteiger partial charge in [0.2, 0.25) is 5.13 Å². The molecule has 2 aromatic carbocycles. The van der Waals surface area contributed by atoms with Crippen molar-refractivity contribution in [2.45, 2.75) is 17.2 Å². The lowest BCUT2D eigenvalue weighted by molar-refractivity contribution is 0.0948. The van der Waals surface area contributed by atoms with Crippen molar-refractivity contribution in [3.63, 3.8) is 0 Å². The number of nitrogens with two attached hydrogens (primary N) is 1. The van der Waals surface area contributed by atoms with E-state index in [0.29, 0.717) is 28.0 Å². The Hall–Kier alpha value is -2.09. The first-order valence-corrected chi connectivity index (χ1v) is 9.63. The Morgan fingerprint density at radius 1 is 1.16 bits per heavy atom. The standard InChI is InChI=1S/C17H15ClN4OS2/c18-13-7-3-1-5-11(13)10-24-14-8-4-2-6-12(14)16(23)20-9-15-21-22-17(19)25-15/h1-8H,9-10H2,(H2,19,22)(H,20,23). The average molecular weight is 391 g/mol. The number of carbonyl (C=O) groups excluding carboxylic acids is 1. The van der Waals surface area contributed by atoms with E-state index >= 15 is 0 Å². The van der Waals surface area contributed by atoms with Crippen LogP contribution in [0, 0.1) is 0 Å². The summed E-state index contributed by atoms with van der Waals surface area (Å²) in [7, 11) is 0. The Balaban J connectivity index is 1.67. The predicted molar refractivity (Wildman–Crippen MR) is 103 cm³/mol. The van der Waals surface area contributed by atoms with E-state index in [-0.39, 0.29) is 5.91 Å². The van der Waals surface area contributed by atoms with Gasteiger partial charge < -0.3 is 11.1 Å². The maximum Gasteiger partial charge on any atom is 0.252 e. The molecule has 0 aliphatic carbocycles. The van der Waals surface area contributed by atoms with Gasteiger partial charge in [0.15, 0.2) is 0 Å². The largest absolute Gasteiger partial charge is 0.374 e. The summed E-state index contributed by atoms with van der Waals surface area (Å²) in [6.45, 7) is 0.303. The highest BCUT2D eigenvalue weighted by atomic mass is 35.5. The van der Waals surface area contributed by atoms with E-state index in [1.54, 1.807) is 17.8 Å². The molecular formula is C17H15ClN4OS2. The lowest BCUT2D eigenvalue weighted by atomic mass is 10.2. The second-order valence-corrected chi connectivity index (χ2v) is 7.61. The summed E-state index contributed by atoms with van der Waals surface area (Å²) < 4.78 is 0. The molecule has 5 nitrogen and oxygen atoms in total. The fourth-order valence-electron chi connectivity index (χ4n) is 2.14. The monoisotopic (exact) mass is 390 g/mol. The minimum atomic E-state index is -0.156. The number of nitrogens with one attached hydrogen (secondary N) is 1. The lowest BCUT2D eigenvalue weighted by Crippen LogP contribution is -2.23. The molecule has 128 valence electrons. The zero-order valence-corrected chi connectivity index (χ0v) is 15.5. The third-order valence-corrected chi connectivity index (χ3v) is 5.60. The third-order valence-electron chi connectivity index (χ3n) is 3.36. The highest BCUT2D eigenvalue weighted by Gasteiger charge is 2.13. The maximum absolute atomic E-state index is 12.5. The highest BCUT2D eigenvalue weighted by Crippen LogP contribution is 2.29. The van der Waals surface area contributed by atoms with Gasteiger partial charge in [-0.25, -0.2) is 0 Å². The van der Waals surface area contributed by atoms with Crippen LogP contribution < -0.4 is 11.1 Å². The molecule has 25 heavy (non-hydrogen) atoms. The van der Waals surface area contributed by atoms with Crippen LogP contribution in [0.15, 0.2) is 53.4 Å². The maximum atomic E-state index is 12.5. The van der Waals surface area contributed by atoms with Gasteiger partial charge in [-0.15, -0.1) is 22.0 Å². The topological polar surface area (TPSA) is 80.9 Å². The van der Waals surface area contributed by atoms with Crippen molar-refractivity contribution in [1.29, 1.82) is 0 Å². The fraction of sp³-hybridized carbons (Fsp3) is 0.118. The van der Waals surface area contributed by atoms with Crippen molar-refractivity contribution >= 4 is 45.7 Å². The Morgan fingerprint density at radius 3 is 2.68 bits per heavy atom. The molecule has 0 unspecified atom stereocenters. The van der Waals surface area contributed by atoms with Crippen LogP contribution >= 0.6 is 34.7 Å². The molecule has 3 aromatic rings. The number of nitrogen functional groups attached to an aromatic ring is 1. The normalized spacial score (nSPS) is 10.6. The summed E-state index contributed by atoms with van der Waals surface area (Å²) in [5.41, 5.74) is 7.20. The molecule has 0 radical (unpaired) electrons. The molecule has 0 saturated heterocycles. The van der Waals surface area contributed by atoms with Crippen molar-refractivity contribution in [1.82, 2.24) is 15.5 Å². The first-order chi connectivity index (χ1) is 12.1. The summed E-state index contributed by atoms with van der Waals surface area (Å²) in [6, 6.07) is 15.2. The van der Waals surface area contributed by atoms with E-state index in [4.69, 9.17) is 17.3 Å². The number of nitrogens with zero attached hydrogens (tertiary/aromatic N) is 2. The van der Waals surface area contributed by atoms with Crippen molar-refractivity contribution in [3.05, 3.63) is 69.7 Å². The molecule has 3 rings (SSSR count). The van der Waals surface area contributed by atoms with Gasteiger partial charge in [0, 0.05) is 15.7 Å². The molecule has 1 heterocycles. The van der Waals surface area contributed by atoms with Crippen molar-refractivity contribution < 1.29 is 4.79 Å². The predicted octanol–water partition coefficient (Wildman–Crippen LogP) is 4.00. The Bertz CT molecular complexity index is 884. The number of anilines is 1. The summed E-state index contributed by atoms with van der Waals surface area (Å²) in [5.74, 6) is 0.535. The van der Waals surface area contributed by atoms with E-state index in [0.717, 1.165) is 15.5 Å². The molecular weight excluding hydrogens is 376 g/mol. The first kappa shape index (κ1) is 17.7. The Labute approximate surface area is 158 Å². The van der Waals surface area contributed by atoms with E-state index in [1.807, 2.05) is 42.5 Å². The number of benzene rings is 2. The van der Waals surface area contributed by atoms with Gasteiger partial charge in [0.1, 0.15) is 5.01 Å². The van der Waals surface area contributed by atoms with Crippen LogP contribution in [0.1, 0.15) is 20.9 Å². The number of carbonyl (C=O) groups is 1. The molecule has 0 atom stereocenters. The van der Waals surface area contributed by atoms with Crippen LogP contribution in [0.3, 0.4) is 0 Å². The molecule has 0 bridgehead atoms. The van der Waals surface area contributed by atoms with Gasteiger partial charge in [-0.05, 0) is 23.8 Å². The van der Waals surface area contributed by atoms with Crippen LogP contribution in [0.2, 0.25) is 5.02 Å². The quantitative estimate of drug-likeness (QED) is 0.622. The molecule has 8 heteroatoms. The number of aromatic nitrogens is 2. The van der Waals surface area contributed by atoms with Crippen LogP contribution in [0.5, 0.6) is 0 Å². The van der Waals surface area contributed by atoms with Crippen LogP contribution in [-0.2, 0) is 12.3 Å². The number of thioether (sulfide) groups is 1. The van der Waals surface area contributed by atoms with Gasteiger partial charge in [-0.2, -0.15) is 0 Å². The van der Waals surface area contributed by atoms with Gasteiger partial charge >= 0.3 is 0 Å². The number of amides is 1. The zero-order chi connectivity index (χ0) is 17.6. The van der Waals surface area contributed by atoms with Crippen molar-refractivity contribution in [3.8, 4) is 0 Å². The van der Waals surface area contributed by atoms with Crippen molar-refractivity contribution in [2.24, 2.45) is 0 Å². The average Bonchev–Trinajstić information content (AvgIpc) is 3.04. The summed E-state index contributed by atoms with van der Waals surface area (Å²) >= 11 is 9.03. The smallest absolute Gasteiger partial charge is 0.252 e. The molecule has 0 aliphatic heterocycles. The summed E-state index contributed by atoms with van der Waals surface area (Å²) in [6.07, 6.45) is 0. The molecule has 0 aliphatic rings. The molecule has 1 amide bonds. The van der Waals surface area contributed by atoms with E-state index in [9.17, 15) is 4.79 Å². The summed E-state index contributed by atoms with van der Waals surface area (Å²) in [4.78, 5) is 13.4. The third kappa shape index (κ3) is 4.72. The Morgan fingerprint density at radius 2 is 1.92 bits per heavy atom. The van der Waals surface area contributed by atoms with E-state index in [2.05, 4.69) is 15.5 Å². The number of halogens is 1. The second kappa shape index (κ2) is 8.33. The van der Waals surface area contributed by atoms with Gasteiger partial charge in [-0.1, -0.05) is 53.3 Å². The van der Waals surface area contributed by atoms with Crippen molar-refractivity contribution in [2.75, 3.05) is 5.73 Å². The number of hydrogen-bond acceptors (Lipinski definition) is 6. The minimum absolute atomic E-state index is 0.156. The zero-order valence-electron chi connectivity index (χ0n) is 13.1. The SMILES string of the molecule is Nc1nnc(CNC(=O)c2ccccc2SCc2ccccc2Cl)s1. The molecule has 1 aromatic heterocycles. The van der Waals surface area contributed by atoms with Gasteiger partial charge in [0.25, 0.3) is 5.91 Å². The van der Waals surface area contributed by atoms with Crippen LogP contribution in [-0.4, -0.2) is 16.1 Å². The minimum Gasteiger partial charge on any atom is -0.374 e. The van der Waals surface area contributed by atoms with Gasteiger partial charge in [-0.3, -0.25) is 4.79 Å². The highest BCUT2D eigenvalue weighted by molar-refractivity contribution is 7.98. The summed E-state index contributed by atoms with van der Waals surface area (Å²) in [5, 5.41) is 12.3. The second-order valence-electron chi connectivity index (χ2n) is 5.09. The van der Waals surface area contributed by atoms with Crippen LogP contribution in [0.4, 0.5) is 5.13 Å². The fourth-order valence-corrected chi connectivity index (χ4v) is 4.02. The van der Waals surface area contributed by atoms with Crippen LogP contribution in [0.25, 0.3) is 0 Å². The Kier molecular flexibility index (Phi) is 5.91.